The standard InChI is InChI=1S/C21H29ClN2O/c1-16(19-9-6-7-10-20(19)22)17-13-18(15-21(2,3)14-17)23-25-12-8-11-24(4)5/h6-7,9-10,13H,1,8,11-12,14-15H2,2-5H3/b23-18-. The minimum Gasteiger partial charge on any atom is -0.396 e. The van der Waals surface area contributed by atoms with Crippen LogP contribution in [0.25, 0.3) is 5.57 Å². The van der Waals surface area contributed by atoms with Crippen LogP contribution in [0.1, 0.15) is 38.7 Å². The second-order valence-electron chi connectivity index (χ2n) is 7.72. The number of nitrogens with zero attached hydrogens (tertiary/aromatic N) is 2. The second kappa shape index (κ2) is 8.68. The summed E-state index contributed by atoms with van der Waals surface area (Å²) >= 11 is 6.34. The van der Waals surface area contributed by atoms with Gasteiger partial charge in [-0.3, -0.25) is 0 Å². The number of hydrogen-bond acceptors (Lipinski definition) is 3. The second-order valence-corrected chi connectivity index (χ2v) is 8.13. The summed E-state index contributed by atoms with van der Waals surface area (Å²) < 4.78 is 0. The Kier molecular flexibility index (Phi) is 6.86. The lowest BCUT2D eigenvalue weighted by molar-refractivity contribution is 0.133. The topological polar surface area (TPSA) is 24.8 Å². The number of benzene rings is 1. The third kappa shape index (κ3) is 6.02. The summed E-state index contributed by atoms with van der Waals surface area (Å²) in [4.78, 5) is 7.68. The molecular weight excluding hydrogens is 332 g/mol. The molecule has 0 amide bonds. The van der Waals surface area contributed by atoms with E-state index in [9.17, 15) is 0 Å². The number of oxime groups is 1. The van der Waals surface area contributed by atoms with E-state index in [-0.39, 0.29) is 5.41 Å². The van der Waals surface area contributed by atoms with E-state index in [1.807, 2.05) is 24.3 Å². The van der Waals surface area contributed by atoms with E-state index in [1.165, 1.54) is 5.57 Å². The molecule has 0 aliphatic heterocycles. The fourth-order valence-corrected chi connectivity index (χ4v) is 3.33. The molecule has 1 aromatic carbocycles. The van der Waals surface area contributed by atoms with Gasteiger partial charge in [-0.05, 0) is 67.6 Å². The fourth-order valence-electron chi connectivity index (χ4n) is 3.08. The van der Waals surface area contributed by atoms with E-state index in [2.05, 4.69) is 50.7 Å². The Morgan fingerprint density at radius 2 is 2.00 bits per heavy atom. The third-order valence-corrected chi connectivity index (χ3v) is 4.61. The van der Waals surface area contributed by atoms with Gasteiger partial charge in [0.1, 0.15) is 6.61 Å². The van der Waals surface area contributed by atoms with Gasteiger partial charge in [0.05, 0.1) is 5.71 Å². The van der Waals surface area contributed by atoms with Gasteiger partial charge in [0.2, 0.25) is 0 Å². The predicted octanol–water partition coefficient (Wildman–Crippen LogP) is 5.42. The van der Waals surface area contributed by atoms with E-state index in [0.29, 0.717) is 6.61 Å². The van der Waals surface area contributed by atoms with Gasteiger partial charge in [0.25, 0.3) is 0 Å². The quantitative estimate of drug-likeness (QED) is 0.478. The summed E-state index contributed by atoms with van der Waals surface area (Å²) in [6, 6.07) is 7.84. The van der Waals surface area contributed by atoms with Gasteiger partial charge in [-0.15, -0.1) is 0 Å². The van der Waals surface area contributed by atoms with Crippen molar-refractivity contribution in [2.75, 3.05) is 27.2 Å². The van der Waals surface area contributed by atoms with Crippen molar-refractivity contribution in [1.29, 1.82) is 0 Å². The van der Waals surface area contributed by atoms with Crippen LogP contribution >= 0.6 is 11.6 Å². The van der Waals surface area contributed by atoms with Gasteiger partial charge in [-0.25, -0.2) is 0 Å². The van der Waals surface area contributed by atoms with Crippen molar-refractivity contribution in [2.45, 2.75) is 33.1 Å². The van der Waals surface area contributed by atoms with E-state index in [4.69, 9.17) is 16.4 Å². The molecule has 0 fully saturated rings. The Labute approximate surface area is 157 Å². The zero-order valence-corrected chi connectivity index (χ0v) is 16.6. The van der Waals surface area contributed by atoms with Crippen LogP contribution in [0.3, 0.4) is 0 Å². The molecule has 25 heavy (non-hydrogen) atoms. The maximum absolute atomic E-state index is 6.34. The Balaban J connectivity index is 2.12. The number of rotatable bonds is 7. The highest BCUT2D eigenvalue weighted by atomic mass is 35.5. The SMILES string of the molecule is C=C(C1=C/C(=N/OCCCN(C)C)CC(C)(C)C1)c1ccccc1Cl. The summed E-state index contributed by atoms with van der Waals surface area (Å²) in [7, 11) is 4.12. The van der Waals surface area contributed by atoms with Crippen LogP contribution in [-0.4, -0.2) is 37.9 Å². The zero-order valence-electron chi connectivity index (χ0n) is 15.8. The highest BCUT2D eigenvalue weighted by Crippen LogP contribution is 2.40. The molecule has 0 saturated heterocycles. The fraction of sp³-hybridized carbons (Fsp3) is 0.476. The van der Waals surface area contributed by atoms with Gasteiger partial charge < -0.3 is 9.74 Å². The molecule has 0 atom stereocenters. The van der Waals surface area contributed by atoms with Crippen LogP contribution in [-0.2, 0) is 4.84 Å². The van der Waals surface area contributed by atoms with Crippen molar-refractivity contribution >= 4 is 22.9 Å². The Morgan fingerprint density at radius 3 is 2.68 bits per heavy atom. The molecule has 0 saturated carbocycles. The molecule has 0 spiro atoms. The molecule has 4 heteroatoms. The van der Waals surface area contributed by atoms with E-state index in [1.54, 1.807) is 0 Å². The van der Waals surface area contributed by atoms with Crippen molar-refractivity contribution < 1.29 is 4.84 Å². The zero-order chi connectivity index (χ0) is 18.4. The molecule has 0 heterocycles. The van der Waals surface area contributed by atoms with Gasteiger partial charge in [-0.2, -0.15) is 0 Å². The highest BCUT2D eigenvalue weighted by molar-refractivity contribution is 6.32. The minimum atomic E-state index is 0.125. The lowest BCUT2D eigenvalue weighted by atomic mass is 9.74. The summed E-state index contributed by atoms with van der Waals surface area (Å²) in [5, 5.41) is 5.10. The van der Waals surface area contributed by atoms with Crippen LogP contribution < -0.4 is 0 Å². The lowest BCUT2D eigenvalue weighted by Crippen LogP contribution is -2.22. The van der Waals surface area contributed by atoms with Crippen molar-refractivity contribution in [3.05, 3.63) is 53.1 Å². The smallest absolute Gasteiger partial charge is 0.118 e. The first kappa shape index (κ1) is 19.7. The number of allylic oxidation sites excluding steroid dienone is 3. The maximum atomic E-state index is 6.34. The molecule has 1 aromatic rings. The van der Waals surface area contributed by atoms with E-state index < -0.39 is 0 Å². The predicted molar refractivity (Wildman–Crippen MR) is 108 cm³/mol. The summed E-state index contributed by atoms with van der Waals surface area (Å²) in [6.45, 7) is 10.4. The Bertz CT molecular complexity index is 674. The van der Waals surface area contributed by atoms with E-state index >= 15 is 0 Å². The molecule has 0 radical (unpaired) electrons. The normalized spacial score (nSPS) is 18.3. The summed E-state index contributed by atoms with van der Waals surface area (Å²) in [5.74, 6) is 0. The molecule has 136 valence electrons. The Morgan fingerprint density at radius 1 is 1.28 bits per heavy atom. The largest absolute Gasteiger partial charge is 0.396 e. The molecule has 0 N–H and O–H groups in total. The van der Waals surface area contributed by atoms with Crippen molar-refractivity contribution in [3.63, 3.8) is 0 Å². The molecular formula is C21H29ClN2O. The molecule has 0 unspecified atom stereocenters. The van der Waals surface area contributed by atoms with Crippen molar-refractivity contribution in [3.8, 4) is 0 Å². The van der Waals surface area contributed by atoms with Gasteiger partial charge >= 0.3 is 0 Å². The average Bonchev–Trinajstić information content (AvgIpc) is 2.52. The molecule has 1 aliphatic carbocycles. The van der Waals surface area contributed by atoms with Crippen LogP contribution in [0, 0.1) is 5.41 Å². The van der Waals surface area contributed by atoms with Crippen molar-refractivity contribution in [2.24, 2.45) is 10.6 Å². The molecule has 3 nitrogen and oxygen atoms in total. The molecule has 1 aliphatic rings. The first-order valence-electron chi connectivity index (χ1n) is 8.77. The van der Waals surface area contributed by atoms with Gasteiger partial charge in [0.15, 0.2) is 0 Å². The lowest BCUT2D eigenvalue weighted by Gasteiger charge is -2.31. The van der Waals surface area contributed by atoms with Gasteiger partial charge in [-0.1, -0.05) is 55.4 Å². The molecule has 0 aromatic heterocycles. The van der Waals surface area contributed by atoms with Crippen molar-refractivity contribution in [1.82, 2.24) is 4.90 Å². The van der Waals surface area contributed by atoms with Crippen LogP contribution in [0.4, 0.5) is 0 Å². The average molecular weight is 361 g/mol. The first-order valence-corrected chi connectivity index (χ1v) is 9.14. The van der Waals surface area contributed by atoms with Crippen LogP contribution in [0.15, 0.2) is 47.6 Å². The monoisotopic (exact) mass is 360 g/mol. The highest BCUT2D eigenvalue weighted by Gasteiger charge is 2.28. The first-order chi connectivity index (χ1) is 11.8. The minimum absolute atomic E-state index is 0.125. The van der Waals surface area contributed by atoms with Gasteiger partial charge in [0, 0.05) is 11.6 Å². The number of halogens is 1. The van der Waals surface area contributed by atoms with Crippen LogP contribution in [0.5, 0.6) is 0 Å². The third-order valence-electron chi connectivity index (χ3n) is 4.28. The maximum Gasteiger partial charge on any atom is 0.118 e. The van der Waals surface area contributed by atoms with Crippen LogP contribution in [0.2, 0.25) is 5.02 Å². The molecule has 2 rings (SSSR count). The Hall–Kier alpha value is -1.58. The summed E-state index contributed by atoms with van der Waals surface area (Å²) in [6.07, 6.45) is 4.94. The molecule has 0 bridgehead atoms. The number of hydrogen-bond donors (Lipinski definition) is 0. The van der Waals surface area contributed by atoms with E-state index in [0.717, 1.165) is 47.7 Å². The summed E-state index contributed by atoms with van der Waals surface area (Å²) in [5.41, 5.74) is 4.24.